The number of esters is 1. The van der Waals surface area contributed by atoms with Gasteiger partial charge in [0.05, 0.1) is 17.4 Å². The molecule has 1 aliphatic carbocycles. The van der Waals surface area contributed by atoms with Crippen LogP contribution in [-0.4, -0.2) is 38.4 Å². The van der Waals surface area contributed by atoms with Crippen LogP contribution >= 0.6 is 0 Å². The fraction of sp³-hybridized carbons (Fsp3) is 0.708. The van der Waals surface area contributed by atoms with E-state index in [4.69, 9.17) is 4.74 Å². The average molecular weight is 438 g/mol. The number of benzene rings is 1. The molecule has 0 aromatic heterocycles. The van der Waals surface area contributed by atoms with Crippen LogP contribution in [0.5, 0.6) is 0 Å². The predicted molar refractivity (Wildman–Crippen MR) is 121 cm³/mol. The van der Waals surface area contributed by atoms with Crippen molar-refractivity contribution in [3.05, 3.63) is 29.8 Å². The maximum Gasteiger partial charge on any atom is 0.313 e. The Bertz CT molecular complexity index is 731. The lowest BCUT2D eigenvalue weighted by Crippen LogP contribution is -2.33. The summed E-state index contributed by atoms with van der Waals surface area (Å²) in [6.45, 7) is 7.41. The summed E-state index contributed by atoms with van der Waals surface area (Å²) in [4.78, 5) is 12.9. The Balaban J connectivity index is 2.22. The molecule has 1 aromatic rings. The third-order valence-electron chi connectivity index (χ3n) is 6.06. The van der Waals surface area contributed by atoms with Gasteiger partial charge in [-0.05, 0) is 49.8 Å². The van der Waals surface area contributed by atoms with Crippen molar-refractivity contribution in [2.75, 3.05) is 19.7 Å². The fourth-order valence-electron chi connectivity index (χ4n) is 4.23. The van der Waals surface area contributed by atoms with Crippen molar-refractivity contribution in [3.8, 4) is 0 Å². The van der Waals surface area contributed by atoms with E-state index in [2.05, 4.69) is 13.8 Å². The van der Waals surface area contributed by atoms with E-state index in [1.165, 1.54) is 12.8 Å². The summed E-state index contributed by atoms with van der Waals surface area (Å²) in [7, 11) is -3.52. The highest BCUT2D eigenvalue weighted by molar-refractivity contribution is 7.89. The molecule has 0 radical (unpaired) electrons. The van der Waals surface area contributed by atoms with Crippen LogP contribution in [0.15, 0.2) is 29.2 Å². The second kappa shape index (κ2) is 12.5. The van der Waals surface area contributed by atoms with Crippen LogP contribution in [0.25, 0.3) is 0 Å². The first-order valence-electron chi connectivity index (χ1n) is 11.7. The Hall–Kier alpha value is -1.40. The lowest BCUT2D eigenvalue weighted by Gasteiger charge is -2.23. The average Bonchev–Trinajstić information content (AvgIpc) is 3.25. The summed E-state index contributed by atoms with van der Waals surface area (Å²) in [6.07, 6.45) is 9.17. The fourth-order valence-corrected chi connectivity index (χ4v) is 5.75. The van der Waals surface area contributed by atoms with Crippen molar-refractivity contribution in [1.29, 1.82) is 0 Å². The minimum absolute atomic E-state index is 0.201. The zero-order valence-electron chi connectivity index (χ0n) is 18.9. The summed E-state index contributed by atoms with van der Waals surface area (Å²) in [6, 6.07) is 6.94. The Morgan fingerprint density at radius 3 is 2.10 bits per heavy atom. The molecule has 0 saturated heterocycles. The Labute approximate surface area is 183 Å². The molecule has 1 atom stereocenters. The molecule has 5 nitrogen and oxygen atoms in total. The van der Waals surface area contributed by atoms with Crippen molar-refractivity contribution in [3.63, 3.8) is 0 Å². The van der Waals surface area contributed by atoms with Crippen molar-refractivity contribution in [1.82, 2.24) is 4.31 Å². The Kier molecular flexibility index (Phi) is 10.3. The van der Waals surface area contributed by atoms with Crippen molar-refractivity contribution >= 4 is 16.0 Å². The van der Waals surface area contributed by atoms with Crippen molar-refractivity contribution in [2.45, 2.75) is 89.4 Å². The lowest BCUT2D eigenvalue weighted by molar-refractivity contribution is -0.145. The molecule has 1 aliphatic rings. The van der Waals surface area contributed by atoms with Gasteiger partial charge >= 0.3 is 5.97 Å². The molecule has 0 heterocycles. The van der Waals surface area contributed by atoms with Crippen LogP contribution in [0.1, 0.15) is 90.0 Å². The van der Waals surface area contributed by atoms with Gasteiger partial charge < -0.3 is 4.74 Å². The first kappa shape index (κ1) is 24.9. The van der Waals surface area contributed by atoms with Gasteiger partial charge in [0.15, 0.2) is 0 Å². The summed E-state index contributed by atoms with van der Waals surface area (Å²) in [5, 5.41) is 0. The molecule has 0 spiro atoms. The maximum absolute atomic E-state index is 13.2. The number of carbonyl (C=O) groups excluding carboxylic acids is 1. The number of unbranched alkanes of at least 4 members (excludes halogenated alkanes) is 2. The van der Waals surface area contributed by atoms with Crippen molar-refractivity contribution < 1.29 is 17.9 Å². The van der Waals surface area contributed by atoms with Gasteiger partial charge in [0.2, 0.25) is 10.0 Å². The minimum atomic E-state index is -3.52. The first-order valence-corrected chi connectivity index (χ1v) is 13.1. The molecule has 2 rings (SSSR count). The van der Waals surface area contributed by atoms with Gasteiger partial charge in [-0.25, -0.2) is 8.42 Å². The summed E-state index contributed by atoms with van der Waals surface area (Å²) < 4.78 is 33.3. The van der Waals surface area contributed by atoms with E-state index in [9.17, 15) is 13.2 Å². The van der Waals surface area contributed by atoms with Gasteiger partial charge in [-0.2, -0.15) is 4.31 Å². The van der Waals surface area contributed by atoms with E-state index in [-0.39, 0.29) is 11.9 Å². The molecule has 0 aliphatic heterocycles. The molecule has 0 amide bonds. The van der Waals surface area contributed by atoms with E-state index in [0.29, 0.717) is 30.5 Å². The van der Waals surface area contributed by atoms with Crippen LogP contribution < -0.4 is 0 Å². The largest absolute Gasteiger partial charge is 0.466 e. The lowest BCUT2D eigenvalue weighted by atomic mass is 9.88. The van der Waals surface area contributed by atoms with E-state index in [1.807, 2.05) is 6.92 Å². The van der Waals surface area contributed by atoms with E-state index >= 15 is 0 Å². The van der Waals surface area contributed by atoms with Crippen LogP contribution in [0.2, 0.25) is 0 Å². The first-order chi connectivity index (χ1) is 14.4. The molecule has 0 N–H and O–H groups in total. The van der Waals surface area contributed by atoms with Crippen LogP contribution in [-0.2, 0) is 19.6 Å². The number of hydrogen-bond acceptors (Lipinski definition) is 4. The quantitative estimate of drug-likeness (QED) is 0.382. The molecule has 6 heteroatoms. The highest BCUT2D eigenvalue weighted by Gasteiger charge is 2.29. The molecular formula is C24H39NO4S. The second-order valence-electron chi connectivity index (χ2n) is 8.37. The number of nitrogens with zero attached hydrogens (tertiary/aromatic N) is 1. The van der Waals surface area contributed by atoms with E-state index in [1.54, 1.807) is 28.6 Å². The third kappa shape index (κ3) is 6.81. The SMILES string of the molecule is CCCCN(CCCC)S(=O)(=O)c1ccc(C(CC2CCCC2)C(=O)OCC)cc1. The molecule has 1 unspecified atom stereocenters. The molecule has 170 valence electrons. The zero-order valence-corrected chi connectivity index (χ0v) is 19.8. The third-order valence-corrected chi connectivity index (χ3v) is 7.97. The monoisotopic (exact) mass is 437 g/mol. The normalized spacial score (nSPS) is 16.1. The van der Waals surface area contributed by atoms with Crippen LogP contribution in [0, 0.1) is 5.92 Å². The highest BCUT2D eigenvalue weighted by Crippen LogP contribution is 2.35. The van der Waals surface area contributed by atoms with Gasteiger partial charge in [0, 0.05) is 13.1 Å². The number of carbonyl (C=O) groups is 1. The topological polar surface area (TPSA) is 63.7 Å². The smallest absolute Gasteiger partial charge is 0.313 e. The van der Waals surface area contributed by atoms with Gasteiger partial charge in [0.1, 0.15) is 0 Å². The Morgan fingerprint density at radius 1 is 1.03 bits per heavy atom. The standard InChI is InChI=1S/C24H39NO4S/c1-4-7-17-25(18-8-5-2)30(27,28)22-15-13-21(14-16-22)23(24(26)29-6-3)19-20-11-9-10-12-20/h13-16,20,23H,4-12,17-19H2,1-3H3. The maximum atomic E-state index is 13.2. The van der Waals surface area contributed by atoms with Gasteiger partial charge in [0.25, 0.3) is 0 Å². The van der Waals surface area contributed by atoms with E-state index in [0.717, 1.165) is 50.5 Å². The summed E-state index contributed by atoms with van der Waals surface area (Å²) in [5.41, 5.74) is 0.855. The van der Waals surface area contributed by atoms with Crippen LogP contribution in [0.3, 0.4) is 0 Å². The molecule has 1 fully saturated rings. The summed E-state index contributed by atoms with van der Waals surface area (Å²) in [5.74, 6) is 0.0232. The highest BCUT2D eigenvalue weighted by atomic mass is 32.2. The molecule has 1 aromatic carbocycles. The zero-order chi connectivity index (χ0) is 22.0. The minimum Gasteiger partial charge on any atom is -0.466 e. The number of rotatable bonds is 13. The number of sulfonamides is 1. The van der Waals surface area contributed by atoms with Gasteiger partial charge in [-0.3, -0.25) is 4.79 Å². The molecule has 1 saturated carbocycles. The van der Waals surface area contributed by atoms with Gasteiger partial charge in [-0.1, -0.05) is 64.5 Å². The van der Waals surface area contributed by atoms with Crippen LogP contribution in [0.4, 0.5) is 0 Å². The van der Waals surface area contributed by atoms with E-state index < -0.39 is 10.0 Å². The predicted octanol–water partition coefficient (Wildman–Crippen LogP) is 5.50. The summed E-state index contributed by atoms with van der Waals surface area (Å²) >= 11 is 0. The van der Waals surface area contributed by atoms with Gasteiger partial charge in [-0.15, -0.1) is 0 Å². The second-order valence-corrected chi connectivity index (χ2v) is 10.3. The number of ether oxygens (including phenoxy) is 1. The van der Waals surface area contributed by atoms with Crippen molar-refractivity contribution in [2.24, 2.45) is 5.92 Å². The molecule has 30 heavy (non-hydrogen) atoms. The molecule has 0 bridgehead atoms. The number of hydrogen-bond donors (Lipinski definition) is 0. The molecular weight excluding hydrogens is 398 g/mol. The Morgan fingerprint density at radius 2 is 1.60 bits per heavy atom.